The summed E-state index contributed by atoms with van der Waals surface area (Å²) in [5.74, 6) is 0.122. The van der Waals surface area contributed by atoms with Gasteiger partial charge in [0.15, 0.2) is 15.6 Å². The molecule has 2 aromatic heterocycles. The van der Waals surface area contributed by atoms with Crippen molar-refractivity contribution in [2.75, 3.05) is 0 Å². The monoisotopic (exact) mass is 360 g/mol. The van der Waals surface area contributed by atoms with Gasteiger partial charge in [-0.25, -0.2) is 8.42 Å². The maximum atomic E-state index is 12.3. The molecule has 0 saturated heterocycles. The minimum atomic E-state index is -3.53. The fraction of sp³-hybridized carbons (Fsp3) is 0.176. The van der Waals surface area contributed by atoms with E-state index >= 15 is 0 Å². The molecule has 0 unspecified atom stereocenters. The first-order chi connectivity index (χ1) is 11.9. The summed E-state index contributed by atoms with van der Waals surface area (Å²) >= 11 is 0. The second kappa shape index (κ2) is 6.94. The SMILES string of the molecule is Cc1cc(CNC(=O)c2ccc(CS(=O)(=O)c3ccccc3)o2)no1. The van der Waals surface area contributed by atoms with E-state index in [9.17, 15) is 13.2 Å². The average Bonchev–Trinajstić information content (AvgIpc) is 3.22. The standard InChI is InChI=1S/C17H16N2O5S/c1-12-9-13(19-24-12)10-18-17(20)16-8-7-14(23-16)11-25(21,22)15-5-3-2-4-6-15/h2-9H,10-11H2,1H3,(H,18,20). The van der Waals surface area contributed by atoms with Crippen LogP contribution in [0.1, 0.15) is 27.8 Å². The number of hydrogen-bond acceptors (Lipinski definition) is 6. The fourth-order valence-electron chi connectivity index (χ4n) is 2.24. The van der Waals surface area contributed by atoms with Crippen LogP contribution in [0.25, 0.3) is 0 Å². The van der Waals surface area contributed by atoms with E-state index in [1.54, 1.807) is 31.2 Å². The van der Waals surface area contributed by atoms with Crippen LogP contribution in [0, 0.1) is 6.92 Å². The smallest absolute Gasteiger partial charge is 0.287 e. The number of amides is 1. The van der Waals surface area contributed by atoms with Crippen molar-refractivity contribution in [3.05, 3.63) is 71.5 Å². The molecule has 0 atom stereocenters. The molecule has 0 radical (unpaired) electrons. The minimum Gasteiger partial charge on any atom is -0.455 e. The van der Waals surface area contributed by atoms with Crippen molar-refractivity contribution in [2.24, 2.45) is 0 Å². The Morgan fingerprint density at radius 1 is 1.16 bits per heavy atom. The summed E-state index contributed by atoms with van der Waals surface area (Å²) in [4.78, 5) is 12.3. The predicted octanol–water partition coefficient (Wildman–Crippen LogP) is 2.48. The Bertz CT molecular complexity index is 973. The highest BCUT2D eigenvalue weighted by atomic mass is 32.2. The molecule has 0 saturated carbocycles. The van der Waals surface area contributed by atoms with Crippen LogP contribution in [-0.4, -0.2) is 19.5 Å². The van der Waals surface area contributed by atoms with Gasteiger partial charge in [-0.05, 0) is 31.2 Å². The summed E-state index contributed by atoms with van der Waals surface area (Å²) in [5.41, 5.74) is 0.587. The van der Waals surface area contributed by atoms with Gasteiger partial charge in [-0.1, -0.05) is 23.4 Å². The summed E-state index contributed by atoms with van der Waals surface area (Å²) in [6.45, 7) is 1.94. The van der Waals surface area contributed by atoms with Gasteiger partial charge < -0.3 is 14.3 Å². The van der Waals surface area contributed by atoms with E-state index in [1.165, 1.54) is 24.3 Å². The van der Waals surface area contributed by atoms with Gasteiger partial charge in [-0.2, -0.15) is 0 Å². The van der Waals surface area contributed by atoms with Crippen molar-refractivity contribution in [3.63, 3.8) is 0 Å². The highest BCUT2D eigenvalue weighted by Crippen LogP contribution is 2.18. The topological polar surface area (TPSA) is 102 Å². The quantitative estimate of drug-likeness (QED) is 0.724. The Labute approximate surface area is 144 Å². The average molecular weight is 360 g/mol. The Morgan fingerprint density at radius 3 is 2.60 bits per heavy atom. The molecule has 7 nitrogen and oxygen atoms in total. The number of sulfone groups is 1. The van der Waals surface area contributed by atoms with Crippen LogP contribution in [0.5, 0.6) is 0 Å². The lowest BCUT2D eigenvalue weighted by molar-refractivity contribution is 0.0921. The lowest BCUT2D eigenvalue weighted by atomic mass is 10.3. The number of aromatic nitrogens is 1. The molecule has 3 aromatic rings. The Kier molecular flexibility index (Phi) is 4.71. The van der Waals surface area contributed by atoms with Crippen LogP contribution >= 0.6 is 0 Å². The molecule has 3 rings (SSSR count). The molecular formula is C17H16N2O5S. The van der Waals surface area contributed by atoms with Crippen LogP contribution in [0.4, 0.5) is 0 Å². The van der Waals surface area contributed by atoms with Gasteiger partial charge >= 0.3 is 0 Å². The van der Waals surface area contributed by atoms with Crippen LogP contribution in [0.15, 0.2) is 62.4 Å². The molecule has 0 fully saturated rings. The van der Waals surface area contributed by atoms with Crippen LogP contribution in [-0.2, 0) is 22.1 Å². The van der Waals surface area contributed by atoms with Crippen LogP contribution in [0.2, 0.25) is 0 Å². The first kappa shape index (κ1) is 17.0. The number of aryl methyl sites for hydroxylation is 1. The molecule has 1 N–H and O–H groups in total. The van der Waals surface area contributed by atoms with Crippen molar-refractivity contribution in [2.45, 2.75) is 24.1 Å². The number of benzene rings is 1. The van der Waals surface area contributed by atoms with E-state index in [1.807, 2.05) is 0 Å². The van der Waals surface area contributed by atoms with Gasteiger partial charge in [0.2, 0.25) is 0 Å². The normalized spacial score (nSPS) is 11.4. The zero-order chi connectivity index (χ0) is 17.9. The zero-order valence-electron chi connectivity index (χ0n) is 13.4. The van der Waals surface area contributed by atoms with Gasteiger partial charge in [0.05, 0.1) is 11.4 Å². The van der Waals surface area contributed by atoms with Crippen LogP contribution < -0.4 is 5.32 Å². The molecule has 2 heterocycles. The molecule has 0 aliphatic heterocycles. The lowest BCUT2D eigenvalue weighted by Crippen LogP contribution is -2.22. The number of carbonyl (C=O) groups is 1. The number of nitrogens with zero attached hydrogens (tertiary/aromatic N) is 1. The maximum Gasteiger partial charge on any atom is 0.287 e. The first-order valence-corrected chi connectivity index (χ1v) is 9.16. The van der Waals surface area contributed by atoms with Gasteiger partial charge in [-0.15, -0.1) is 0 Å². The highest BCUT2D eigenvalue weighted by Gasteiger charge is 2.19. The Balaban J connectivity index is 1.64. The molecule has 0 spiro atoms. The van der Waals surface area contributed by atoms with Gasteiger partial charge in [0, 0.05) is 6.07 Å². The van der Waals surface area contributed by atoms with Crippen molar-refractivity contribution in [1.82, 2.24) is 10.5 Å². The number of carbonyl (C=O) groups excluding carboxylic acids is 1. The summed E-state index contributed by atoms with van der Waals surface area (Å²) in [6.07, 6.45) is 0. The number of hydrogen-bond donors (Lipinski definition) is 1. The van der Waals surface area contributed by atoms with Crippen molar-refractivity contribution >= 4 is 15.7 Å². The van der Waals surface area contributed by atoms with E-state index in [2.05, 4.69) is 10.5 Å². The molecule has 1 aromatic carbocycles. The molecule has 130 valence electrons. The van der Waals surface area contributed by atoms with E-state index in [0.717, 1.165) is 0 Å². The lowest BCUT2D eigenvalue weighted by Gasteiger charge is -2.02. The van der Waals surface area contributed by atoms with E-state index in [0.29, 0.717) is 11.5 Å². The maximum absolute atomic E-state index is 12.3. The number of furan rings is 1. The fourth-order valence-corrected chi connectivity index (χ4v) is 3.50. The molecule has 0 bridgehead atoms. The largest absolute Gasteiger partial charge is 0.455 e. The molecule has 0 aliphatic carbocycles. The second-order valence-corrected chi connectivity index (χ2v) is 7.44. The molecule has 25 heavy (non-hydrogen) atoms. The number of nitrogens with one attached hydrogen (secondary N) is 1. The Morgan fingerprint density at radius 2 is 1.92 bits per heavy atom. The Hall–Kier alpha value is -2.87. The van der Waals surface area contributed by atoms with E-state index < -0.39 is 15.7 Å². The van der Waals surface area contributed by atoms with E-state index in [-0.39, 0.29) is 28.7 Å². The zero-order valence-corrected chi connectivity index (χ0v) is 14.2. The summed E-state index contributed by atoms with van der Waals surface area (Å²) in [6, 6.07) is 12.7. The highest BCUT2D eigenvalue weighted by molar-refractivity contribution is 7.90. The summed E-state index contributed by atoms with van der Waals surface area (Å²) < 4.78 is 34.9. The molecule has 1 amide bonds. The molecule has 8 heteroatoms. The van der Waals surface area contributed by atoms with E-state index in [4.69, 9.17) is 8.94 Å². The van der Waals surface area contributed by atoms with Gasteiger partial charge in [0.25, 0.3) is 5.91 Å². The van der Waals surface area contributed by atoms with Crippen molar-refractivity contribution in [1.29, 1.82) is 0 Å². The van der Waals surface area contributed by atoms with Crippen molar-refractivity contribution in [3.8, 4) is 0 Å². The molecular weight excluding hydrogens is 344 g/mol. The van der Waals surface area contributed by atoms with Crippen LogP contribution in [0.3, 0.4) is 0 Å². The van der Waals surface area contributed by atoms with Gasteiger partial charge in [0.1, 0.15) is 23.0 Å². The third kappa shape index (κ3) is 4.16. The first-order valence-electron chi connectivity index (χ1n) is 7.51. The third-order valence-electron chi connectivity index (χ3n) is 3.43. The van der Waals surface area contributed by atoms with Gasteiger partial charge in [-0.3, -0.25) is 4.79 Å². The van der Waals surface area contributed by atoms with Crippen molar-refractivity contribution < 1.29 is 22.2 Å². The second-order valence-electron chi connectivity index (χ2n) is 5.45. The summed E-state index contributed by atoms with van der Waals surface area (Å²) in [7, 11) is -3.53. The summed E-state index contributed by atoms with van der Waals surface area (Å²) in [5, 5.41) is 6.40. The minimum absolute atomic E-state index is 0.0403. The number of rotatable bonds is 6. The molecule has 0 aliphatic rings. The predicted molar refractivity (Wildman–Crippen MR) is 88.5 cm³/mol. The third-order valence-corrected chi connectivity index (χ3v) is 5.08.